The molecule has 0 aromatic carbocycles. The topological polar surface area (TPSA) is 41.1 Å². The fourth-order valence-electron chi connectivity index (χ4n) is 1.80. The van der Waals surface area contributed by atoms with Crippen LogP contribution in [0.2, 0.25) is 0 Å². The van der Waals surface area contributed by atoms with Crippen LogP contribution in [-0.2, 0) is 4.79 Å². The fourth-order valence-corrected chi connectivity index (χ4v) is 2.62. The molecule has 1 aromatic rings. The van der Waals surface area contributed by atoms with Crippen LogP contribution in [-0.4, -0.2) is 19.0 Å². The van der Waals surface area contributed by atoms with Crippen LogP contribution in [0.15, 0.2) is 11.4 Å². The second kappa shape index (κ2) is 4.77. The minimum Gasteiger partial charge on any atom is -0.317 e. The molecule has 1 saturated heterocycles. The van der Waals surface area contributed by atoms with Crippen LogP contribution in [0.25, 0.3) is 0 Å². The molecule has 0 atom stereocenters. The molecule has 1 aliphatic heterocycles. The molecule has 0 bridgehead atoms. The Bertz CT molecular complexity index is 342. The van der Waals surface area contributed by atoms with Crippen LogP contribution in [0.3, 0.4) is 0 Å². The summed E-state index contributed by atoms with van der Waals surface area (Å²) < 4.78 is 0. The Labute approximate surface area is 93.9 Å². The van der Waals surface area contributed by atoms with Gasteiger partial charge in [-0.3, -0.25) is 4.79 Å². The van der Waals surface area contributed by atoms with Crippen molar-refractivity contribution < 1.29 is 4.79 Å². The summed E-state index contributed by atoms with van der Waals surface area (Å²) in [6.07, 6.45) is 1.91. The van der Waals surface area contributed by atoms with Gasteiger partial charge in [0.15, 0.2) is 0 Å². The largest absolute Gasteiger partial charge is 0.317 e. The highest BCUT2D eigenvalue weighted by Gasteiger charge is 2.21. The zero-order valence-corrected chi connectivity index (χ0v) is 9.69. The molecule has 2 heterocycles. The average Bonchev–Trinajstić information content (AvgIpc) is 2.66. The number of rotatable bonds is 2. The molecule has 1 aromatic heterocycles. The lowest BCUT2D eigenvalue weighted by molar-refractivity contribution is -0.120. The summed E-state index contributed by atoms with van der Waals surface area (Å²) in [6.45, 7) is 3.94. The molecular formula is C11H16N2OS. The number of thiophene rings is 1. The van der Waals surface area contributed by atoms with Gasteiger partial charge < -0.3 is 10.6 Å². The number of hydrogen-bond donors (Lipinski definition) is 2. The summed E-state index contributed by atoms with van der Waals surface area (Å²) in [6, 6.07) is 2.03. The first-order valence-corrected chi connectivity index (χ1v) is 6.21. The molecule has 1 fully saturated rings. The van der Waals surface area contributed by atoms with E-state index in [0.29, 0.717) is 0 Å². The third kappa shape index (κ3) is 2.58. The highest BCUT2D eigenvalue weighted by Crippen LogP contribution is 2.23. The van der Waals surface area contributed by atoms with E-state index in [2.05, 4.69) is 10.6 Å². The molecule has 0 unspecified atom stereocenters. The first-order valence-electron chi connectivity index (χ1n) is 5.33. The van der Waals surface area contributed by atoms with Crippen LogP contribution < -0.4 is 10.6 Å². The zero-order valence-electron chi connectivity index (χ0n) is 8.88. The van der Waals surface area contributed by atoms with E-state index in [0.717, 1.165) is 36.5 Å². The van der Waals surface area contributed by atoms with Gasteiger partial charge in [0.25, 0.3) is 0 Å². The van der Waals surface area contributed by atoms with E-state index in [1.54, 1.807) is 11.3 Å². The maximum Gasteiger partial charge on any atom is 0.228 e. The standard InChI is InChI=1S/C11H16N2OS/c1-8-4-7-15-11(8)13-10(14)9-2-5-12-6-3-9/h4,7,9,12H,2-3,5-6H2,1H3,(H,13,14). The van der Waals surface area contributed by atoms with Crippen molar-refractivity contribution >= 4 is 22.2 Å². The maximum atomic E-state index is 11.9. The second-order valence-electron chi connectivity index (χ2n) is 3.95. The van der Waals surface area contributed by atoms with Crippen LogP contribution in [0.5, 0.6) is 0 Å². The van der Waals surface area contributed by atoms with Gasteiger partial charge in [0.2, 0.25) is 5.91 Å². The van der Waals surface area contributed by atoms with Crippen LogP contribution in [0.4, 0.5) is 5.00 Å². The minimum atomic E-state index is 0.182. The van der Waals surface area contributed by atoms with Crippen molar-refractivity contribution in [2.24, 2.45) is 5.92 Å². The highest BCUT2D eigenvalue weighted by atomic mass is 32.1. The molecule has 1 amide bonds. The van der Waals surface area contributed by atoms with Crippen molar-refractivity contribution in [2.45, 2.75) is 19.8 Å². The molecule has 0 radical (unpaired) electrons. The van der Waals surface area contributed by atoms with Crippen molar-refractivity contribution in [1.29, 1.82) is 0 Å². The van der Waals surface area contributed by atoms with Gasteiger partial charge in [-0.05, 0) is 49.9 Å². The normalized spacial score (nSPS) is 17.7. The first kappa shape index (κ1) is 10.6. The molecule has 15 heavy (non-hydrogen) atoms. The summed E-state index contributed by atoms with van der Waals surface area (Å²) in [5.74, 6) is 0.370. The predicted molar refractivity (Wildman–Crippen MR) is 63.3 cm³/mol. The lowest BCUT2D eigenvalue weighted by Crippen LogP contribution is -2.34. The van der Waals surface area contributed by atoms with E-state index in [1.807, 2.05) is 18.4 Å². The average molecular weight is 224 g/mol. The number of aryl methyl sites for hydroxylation is 1. The fraction of sp³-hybridized carbons (Fsp3) is 0.545. The Balaban J connectivity index is 1.94. The molecule has 2 rings (SSSR count). The number of anilines is 1. The highest BCUT2D eigenvalue weighted by molar-refractivity contribution is 7.14. The summed E-state index contributed by atoms with van der Waals surface area (Å²) in [7, 11) is 0. The van der Waals surface area contributed by atoms with Gasteiger partial charge >= 0.3 is 0 Å². The third-order valence-electron chi connectivity index (χ3n) is 2.81. The predicted octanol–water partition coefficient (Wildman–Crippen LogP) is 1.99. The summed E-state index contributed by atoms with van der Waals surface area (Å²) in [5, 5.41) is 9.28. The number of piperidine rings is 1. The maximum absolute atomic E-state index is 11.9. The van der Waals surface area contributed by atoms with Gasteiger partial charge in [-0.25, -0.2) is 0 Å². The van der Waals surface area contributed by atoms with Crippen LogP contribution in [0.1, 0.15) is 18.4 Å². The molecule has 1 aliphatic rings. The molecule has 0 spiro atoms. The minimum absolute atomic E-state index is 0.182. The Morgan fingerprint density at radius 1 is 1.53 bits per heavy atom. The second-order valence-corrected chi connectivity index (χ2v) is 4.86. The van der Waals surface area contributed by atoms with Crippen molar-refractivity contribution in [3.05, 3.63) is 17.0 Å². The first-order chi connectivity index (χ1) is 7.27. The Morgan fingerprint density at radius 2 is 2.27 bits per heavy atom. The van der Waals surface area contributed by atoms with Gasteiger partial charge in [-0.15, -0.1) is 11.3 Å². The molecule has 3 nitrogen and oxygen atoms in total. The van der Waals surface area contributed by atoms with Crippen molar-refractivity contribution in [1.82, 2.24) is 5.32 Å². The zero-order chi connectivity index (χ0) is 10.7. The monoisotopic (exact) mass is 224 g/mol. The quantitative estimate of drug-likeness (QED) is 0.806. The number of amides is 1. The third-order valence-corrected chi connectivity index (χ3v) is 3.74. The lowest BCUT2D eigenvalue weighted by Gasteiger charge is -2.21. The number of nitrogens with one attached hydrogen (secondary N) is 2. The van der Waals surface area contributed by atoms with Crippen molar-refractivity contribution in [2.75, 3.05) is 18.4 Å². The SMILES string of the molecule is Cc1ccsc1NC(=O)C1CCNCC1. The summed E-state index contributed by atoms with van der Waals surface area (Å²) >= 11 is 1.59. The number of carbonyl (C=O) groups is 1. The molecule has 0 aliphatic carbocycles. The van der Waals surface area contributed by atoms with E-state index < -0.39 is 0 Å². The molecular weight excluding hydrogens is 208 g/mol. The Morgan fingerprint density at radius 3 is 2.87 bits per heavy atom. The molecule has 0 saturated carbocycles. The molecule has 4 heteroatoms. The lowest BCUT2D eigenvalue weighted by atomic mass is 9.97. The van der Waals surface area contributed by atoms with Gasteiger partial charge in [-0.2, -0.15) is 0 Å². The summed E-state index contributed by atoms with van der Waals surface area (Å²) in [5.41, 5.74) is 1.15. The van der Waals surface area contributed by atoms with Crippen LogP contribution >= 0.6 is 11.3 Å². The van der Waals surface area contributed by atoms with Crippen molar-refractivity contribution in [3.63, 3.8) is 0 Å². The van der Waals surface area contributed by atoms with E-state index >= 15 is 0 Å². The Hall–Kier alpha value is -0.870. The van der Waals surface area contributed by atoms with Gasteiger partial charge in [0, 0.05) is 5.92 Å². The van der Waals surface area contributed by atoms with E-state index in [4.69, 9.17) is 0 Å². The smallest absolute Gasteiger partial charge is 0.228 e. The molecule has 2 N–H and O–H groups in total. The summed E-state index contributed by atoms with van der Waals surface area (Å²) in [4.78, 5) is 11.9. The molecule has 82 valence electrons. The Kier molecular flexibility index (Phi) is 3.38. The van der Waals surface area contributed by atoms with Gasteiger partial charge in [0.1, 0.15) is 0 Å². The van der Waals surface area contributed by atoms with Gasteiger partial charge in [0.05, 0.1) is 5.00 Å². The van der Waals surface area contributed by atoms with Crippen molar-refractivity contribution in [3.8, 4) is 0 Å². The van der Waals surface area contributed by atoms with E-state index in [-0.39, 0.29) is 11.8 Å². The van der Waals surface area contributed by atoms with Crippen LogP contribution in [0, 0.1) is 12.8 Å². The van der Waals surface area contributed by atoms with Gasteiger partial charge in [-0.1, -0.05) is 0 Å². The number of hydrogen-bond acceptors (Lipinski definition) is 3. The number of carbonyl (C=O) groups excluding carboxylic acids is 1. The van der Waals surface area contributed by atoms with E-state index in [1.165, 1.54) is 0 Å². The van der Waals surface area contributed by atoms with E-state index in [9.17, 15) is 4.79 Å².